The number of amides is 1. The van der Waals surface area contributed by atoms with E-state index in [1.54, 1.807) is 30.1 Å². The summed E-state index contributed by atoms with van der Waals surface area (Å²) in [6.07, 6.45) is 3.31. The van der Waals surface area contributed by atoms with Gasteiger partial charge in [-0.05, 0) is 61.0 Å². The minimum Gasteiger partial charge on any atom is -0.497 e. The number of aromatic nitrogens is 2. The lowest BCUT2D eigenvalue weighted by Crippen LogP contribution is -2.14. The Balaban J connectivity index is 1.75. The van der Waals surface area contributed by atoms with Gasteiger partial charge in [0, 0.05) is 28.4 Å². The molecule has 0 aliphatic heterocycles. The Labute approximate surface area is 214 Å². The molecule has 3 aromatic carbocycles. The first-order valence-corrected chi connectivity index (χ1v) is 11.4. The van der Waals surface area contributed by atoms with Gasteiger partial charge in [0.05, 0.1) is 31.3 Å². The molecule has 1 N–H and O–H groups in total. The van der Waals surface area contributed by atoms with E-state index >= 15 is 0 Å². The fraction of sp³-hybridized carbons (Fsp3) is 0.107. The fourth-order valence-corrected chi connectivity index (χ4v) is 3.76. The summed E-state index contributed by atoms with van der Waals surface area (Å²) in [6, 6.07) is 22.3. The lowest BCUT2D eigenvalue weighted by Gasteiger charge is -2.12. The van der Waals surface area contributed by atoms with E-state index in [2.05, 4.69) is 5.32 Å². The van der Waals surface area contributed by atoms with E-state index < -0.39 is 5.91 Å². The topological polar surface area (TPSA) is 89.2 Å². The van der Waals surface area contributed by atoms with E-state index in [-0.39, 0.29) is 5.57 Å². The van der Waals surface area contributed by atoms with Crippen molar-refractivity contribution in [2.24, 2.45) is 0 Å². The number of para-hydroxylation sites is 1. The smallest absolute Gasteiger partial charge is 0.266 e. The van der Waals surface area contributed by atoms with Crippen molar-refractivity contribution in [2.45, 2.75) is 6.92 Å². The van der Waals surface area contributed by atoms with Crippen molar-refractivity contribution >= 4 is 29.3 Å². The summed E-state index contributed by atoms with van der Waals surface area (Å²) in [6.45, 7) is 1.82. The van der Waals surface area contributed by atoms with Gasteiger partial charge in [0.1, 0.15) is 23.1 Å². The largest absolute Gasteiger partial charge is 0.497 e. The number of benzene rings is 3. The van der Waals surface area contributed by atoms with Crippen LogP contribution in [0.25, 0.3) is 23.0 Å². The molecule has 0 aliphatic carbocycles. The molecule has 0 saturated carbocycles. The van der Waals surface area contributed by atoms with Crippen molar-refractivity contribution in [3.8, 4) is 34.5 Å². The van der Waals surface area contributed by atoms with Gasteiger partial charge in [0.2, 0.25) is 0 Å². The SMILES string of the molecule is COc1ccc(-c2nn(-c3ccccc3)cc2C=C(C#N)C(=O)Nc2cc(C)c(Cl)cc2OC)cc1. The second kappa shape index (κ2) is 10.8. The highest BCUT2D eigenvalue weighted by Gasteiger charge is 2.17. The van der Waals surface area contributed by atoms with Gasteiger partial charge >= 0.3 is 0 Å². The van der Waals surface area contributed by atoms with Crippen LogP contribution in [0.2, 0.25) is 5.02 Å². The summed E-state index contributed by atoms with van der Waals surface area (Å²) in [5.74, 6) is 0.528. The number of carbonyl (C=O) groups is 1. The van der Waals surface area contributed by atoms with Crippen molar-refractivity contribution in [1.82, 2.24) is 9.78 Å². The lowest BCUT2D eigenvalue weighted by atomic mass is 10.1. The molecule has 7 nitrogen and oxygen atoms in total. The quantitative estimate of drug-likeness (QED) is 0.247. The van der Waals surface area contributed by atoms with Crippen LogP contribution in [-0.4, -0.2) is 29.9 Å². The van der Waals surface area contributed by atoms with E-state index in [0.717, 1.165) is 16.8 Å². The molecule has 0 atom stereocenters. The summed E-state index contributed by atoms with van der Waals surface area (Å²) < 4.78 is 12.3. The molecule has 0 aliphatic rings. The zero-order valence-electron chi connectivity index (χ0n) is 19.9. The van der Waals surface area contributed by atoms with E-state index in [1.807, 2.05) is 67.6 Å². The number of nitrogens with zero attached hydrogens (tertiary/aromatic N) is 3. The Kier molecular flexibility index (Phi) is 7.38. The van der Waals surface area contributed by atoms with Gasteiger partial charge < -0.3 is 14.8 Å². The monoisotopic (exact) mass is 498 g/mol. The Hall–Kier alpha value is -4.54. The highest BCUT2D eigenvalue weighted by Crippen LogP contribution is 2.32. The minimum atomic E-state index is -0.578. The number of nitriles is 1. The Morgan fingerprint density at radius 1 is 1.08 bits per heavy atom. The molecule has 1 aromatic heterocycles. The van der Waals surface area contributed by atoms with Crippen LogP contribution >= 0.6 is 11.6 Å². The van der Waals surface area contributed by atoms with Crippen LogP contribution in [0.5, 0.6) is 11.5 Å². The van der Waals surface area contributed by atoms with E-state index in [1.165, 1.54) is 13.2 Å². The molecular weight excluding hydrogens is 476 g/mol. The molecule has 36 heavy (non-hydrogen) atoms. The number of hydrogen-bond acceptors (Lipinski definition) is 5. The predicted molar refractivity (Wildman–Crippen MR) is 141 cm³/mol. The lowest BCUT2D eigenvalue weighted by molar-refractivity contribution is -0.112. The maximum atomic E-state index is 13.1. The number of anilines is 1. The molecule has 0 unspecified atom stereocenters. The number of carbonyl (C=O) groups excluding carboxylic acids is 1. The summed E-state index contributed by atoms with van der Waals surface area (Å²) in [4.78, 5) is 13.1. The molecule has 0 spiro atoms. The van der Waals surface area contributed by atoms with Crippen LogP contribution < -0.4 is 14.8 Å². The van der Waals surface area contributed by atoms with Crippen LogP contribution in [0.1, 0.15) is 11.1 Å². The van der Waals surface area contributed by atoms with Crippen molar-refractivity contribution in [2.75, 3.05) is 19.5 Å². The molecule has 180 valence electrons. The Bertz CT molecular complexity index is 1470. The third kappa shape index (κ3) is 5.24. The molecule has 0 fully saturated rings. The van der Waals surface area contributed by atoms with Crippen molar-refractivity contribution in [3.63, 3.8) is 0 Å². The van der Waals surface area contributed by atoms with Gasteiger partial charge in [-0.25, -0.2) is 4.68 Å². The molecule has 1 heterocycles. The van der Waals surface area contributed by atoms with Crippen LogP contribution in [0.3, 0.4) is 0 Å². The van der Waals surface area contributed by atoms with E-state index in [9.17, 15) is 10.1 Å². The predicted octanol–water partition coefficient (Wildman–Crippen LogP) is 6.06. The molecule has 4 rings (SSSR count). The van der Waals surface area contributed by atoms with Crippen LogP contribution in [0.4, 0.5) is 5.69 Å². The highest BCUT2D eigenvalue weighted by molar-refractivity contribution is 6.31. The first kappa shape index (κ1) is 24.6. The van der Waals surface area contributed by atoms with Gasteiger partial charge in [-0.3, -0.25) is 4.79 Å². The fourth-order valence-electron chi connectivity index (χ4n) is 3.60. The van der Waals surface area contributed by atoms with Gasteiger partial charge in [0.15, 0.2) is 0 Å². The number of hydrogen-bond donors (Lipinski definition) is 1. The Morgan fingerprint density at radius 3 is 2.44 bits per heavy atom. The molecule has 8 heteroatoms. The summed E-state index contributed by atoms with van der Waals surface area (Å²) >= 11 is 6.17. The van der Waals surface area contributed by atoms with Gasteiger partial charge in [-0.1, -0.05) is 29.8 Å². The molecule has 0 saturated heterocycles. The summed E-state index contributed by atoms with van der Waals surface area (Å²) in [5.41, 5.74) is 3.96. The van der Waals surface area contributed by atoms with Crippen LogP contribution in [0, 0.1) is 18.3 Å². The number of rotatable bonds is 7. The number of halogens is 1. The first-order chi connectivity index (χ1) is 17.4. The normalized spacial score (nSPS) is 11.0. The number of ether oxygens (including phenoxy) is 2. The van der Waals surface area contributed by atoms with E-state index in [0.29, 0.717) is 33.5 Å². The second-order valence-electron chi connectivity index (χ2n) is 7.87. The third-order valence-corrected chi connectivity index (χ3v) is 5.93. The van der Waals surface area contributed by atoms with Gasteiger partial charge in [-0.2, -0.15) is 10.4 Å². The highest BCUT2D eigenvalue weighted by atomic mass is 35.5. The number of methoxy groups -OCH3 is 2. The first-order valence-electron chi connectivity index (χ1n) is 11.0. The number of aryl methyl sites for hydroxylation is 1. The Morgan fingerprint density at radius 2 is 1.81 bits per heavy atom. The molecule has 4 aromatic rings. The van der Waals surface area contributed by atoms with E-state index in [4.69, 9.17) is 26.2 Å². The third-order valence-electron chi connectivity index (χ3n) is 5.52. The maximum absolute atomic E-state index is 13.1. The molecule has 0 radical (unpaired) electrons. The van der Waals surface area contributed by atoms with Gasteiger partial charge in [0.25, 0.3) is 5.91 Å². The standard InChI is InChI=1S/C28H23ClN4O3/c1-18-13-25(26(36-3)15-24(18)29)31-28(34)20(16-30)14-21-17-33(22-7-5-4-6-8-22)32-27(21)19-9-11-23(35-2)12-10-19/h4-15,17H,1-3H3,(H,31,34). The number of nitrogens with one attached hydrogen (secondary N) is 1. The molecule has 0 bridgehead atoms. The maximum Gasteiger partial charge on any atom is 0.266 e. The van der Waals surface area contributed by atoms with Crippen molar-refractivity contribution < 1.29 is 14.3 Å². The van der Waals surface area contributed by atoms with Crippen LogP contribution in [-0.2, 0) is 4.79 Å². The molecule has 1 amide bonds. The van der Waals surface area contributed by atoms with Crippen LogP contribution in [0.15, 0.2) is 78.5 Å². The molecular formula is C28H23ClN4O3. The summed E-state index contributed by atoms with van der Waals surface area (Å²) in [7, 11) is 3.08. The zero-order chi connectivity index (χ0) is 25.7. The van der Waals surface area contributed by atoms with Crippen molar-refractivity contribution in [3.05, 3.63) is 94.6 Å². The minimum absolute atomic E-state index is 0.0907. The average molecular weight is 499 g/mol. The van der Waals surface area contributed by atoms with Gasteiger partial charge in [-0.15, -0.1) is 0 Å². The summed E-state index contributed by atoms with van der Waals surface area (Å²) in [5, 5.41) is 17.8. The second-order valence-corrected chi connectivity index (χ2v) is 8.27. The zero-order valence-corrected chi connectivity index (χ0v) is 20.7. The average Bonchev–Trinajstić information content (AvgIpc) is 3.33. The van der Waals surface area contributed by atoms with Crippen molar-refractivity contribution in [1.29, 1.82) is 5.26 Å².